The summed E-state index contributed by atoms with van der Waals surface area (Å²) in [5.41, 5.74) is 4.10. The van der Waals surface area contributed by atoms with E-state index in [0.717, 1.165) is 45.7 Å². The Morgan fingerprint density at radius 1 is 1.03 bits per heavy atom. The Morgan fingerprint density at radius 3 is 2.58 bits per heavy atom. The third kappa shape index (κ3) is 3.95. The first kappa shape index (κ1) is 20.4. The monoisotopic (exact) mass is 417 g/mol. The van der Waals surface area contributed by atoms with Gasteiger partial charge in [-0.1, -0.05) is 18.2 Å². The number of aryl methyl sites for hydroxylation is 1. The minimum absolute atomic E-state index is 0.175. The summed E-state index contributed by atoms with van der Waals surface area (Å²) in [4.78, 5) is 4.34. The molecule has 0 aliphatic heterocycles. The Labute approximate surface area is 177 Å². The van der Waals surface area contributed by atoms with Crippen molar-refractivity contribution in [2.24, 2.45) is 0 Å². The molecule has 4 rings (SSSR count). The molecule has 0 unspecified atom stereocenters. The molecule has 2 aromatic heterocycles. The van der Waals surface area contributed by atoms with Gasteiger partial charge in [0.25, 0.3) is 0 Å². The summed E-state index contributed by atoms with van der Waals surface area (Å²) in [6.07, 6.45) is -1.08. The number of benzene rings is 2. The molecule has 0 N–H and O–H groups in total. The number of fused-ring (bicyclic) bond motifs is 1. The van der Waals surface area contributed by atoms with Crippen molar-refractivity contribution in [2.75, 3.05) is 0 Å². The van der Waals surface area contributed by atoms with Crippen LogP contribution in [0.25, 0.3) is 28.2 Å². The Balaban J connectivity index is 1.79. The number of hydrogen-bond donors (Lipinski definition) is 0. The van der Waals surface area contributed by atoms with E-state index in [-0.39, 0.29) is 11.1 Å². The standard InChI is InChI=1S/C25H18F3N3/c1-16-11-20(12-21(15-29)18-5-3-7-22(13-18)25(26,27)28)17(2)31(16)23-8-9-24-19(14-23)6-4-10-30-24/h3-14H,1-2H3/b21-12-. The molecular formula is C25H18F3N3. The van der Waals surface area contributed by atoms with Crippen molar-refractivity contribution in [3.8, 4) is 11.8 Å². The maximum Gasteiger partial charge on any atom is 0.416 e. The van der Waals surface area contributed by atoms with Gasteiger partial charge in [0.15, 0.2) is 0 Å². The van der Waals surface area contributed by atoms with Crippen LogP contribution in [0.15, 0.2) is 66.9 Å². The number of rotatable bonds is 3. The van der Waals surface area contributed by atoms with Crippen LogP contribution in [0, 0.1) is 25.2 Å². The molecule has 0 atom stereocenters. The lowest BCUT2D eigenvalue weighted by Gasteiger charge is -2.11. The second-order valence-electron chi connectivity index (χ2n) is 7.29. The second-order valence-corrected chi connectivity index (χ2v) is 7.29. The SMILES string of the molecule is Cc1cc(/C=C(/C#N)c2cccc(C(F)(F)F)c2)c(C)n1-c1ccc2ncccc2c1. The van der Waals surface area contributed by atoms with E-state index in [4.69, 9.17) is 0 Å². The molecule has 0 amide bonds. The van der Waals surface area contributed by atoms with E-state index in [0.29, 0.717) is 0 Å². The molecule has 2 aromatic carbocycles. The lowest BCUT2D eigenvalue weighted by Crippen LogP contribution is -2.04. The van der Waals surface area contributed by atoms with Crippen LogP contribution >= 0.6 is 0 Å². The van der Waals surface area contributed by atoms with Crippen molar-refractivity contribution in [2.45, 2.75) is 20.0 Å². The average molecular weight is 417 g/mol. The predicted octanol–water partition coefficient (Wildman–Crippen LogP) is 6.73. The van der Waals surface area contributed by atoms with Gasteiger partial charge in [0.2, 0.25) is 0 Å². The van der Waals surface area contributed by atoms with Crippen molar-refractivity contribution in [3.05, 3.63) is 94.9 Å². The molecule has 0 saturated carbocycles. The molecule has 31 heavy (non-hydrogen) atoms. The molecule has 2 heterocycles. The number of nitriles is 1. The molecule has 0 saturated heterocycles. The second kappa shape index (κ2) is 7.77. The summed E-state index contributed by atoms with van der Waals surface area (Å²) in [6.45, 7) is 3.88. The molecular weight excluding hydrogens is 399 g/mol. The maximum atomic E-state index is 13.1. The van der Waals surface area contributed by atoms with Crippen LogP contribution in [0.4, 0.5) is 13.2 Å². The van der Waals surface area contributed by atoms with Crippen molar-refractivity contribution in [3.63, 3.8) is 0 Å². The highest BCUT2D eigenvalue weighted by molar-refractivity contribution is 5.90. The van der Waals surface area contributed by atoms with Crippen LogP contribution in [0.5, 0.6) is 0 Å². The molecule has 0 bridgehead atoms. The van der Waals surface area contributed by atoms with E-state index in [1.165, 1.54) is 12.1 Å². The Hall–Kier alpha value is -3.85. The van der Waals surface area contributed by atoms with Gasteiger partial charge in [0.05, 0.1) is 22.7 Å². The summed E-state index contributed by atoms with van der Waals surface area (Å²) in [5, 5.41) is 10.6. The minimum atomic E-state index is -4.46. The van der Waals surface area contributed by atoms with E-state index in [2.05, 4.69) is 9.55 Å². The van der Waals surface area contributed by atoms with Crippen LogP contribution in [0.2, 0.25) is 0 Å². The highest BCUT2D eigenvalue weighted by atomic mass is 19.4. The van der Waals surface area contributed by atoms with E-state index in [1.54, 1.807) is 12.3 Å². The first-order valence-corrected chi connectivity index (χ1v) is 9.61. The van der Waals surface area contributed by atoms with Gasteiger partial charge < -0.3 is 4.57 Å². The summed E-state index contributed by atoms with van der Waals surface area (Å²) in [6, 6.07) is 18.6. The number of halogens is 3. The van der Waals surface area contributed by atoms with Crippen LogP contribution in [-0.2, 0) is 6.18 Å². The van der Waals surface area contributed by atoms with E-state index in [1.807, 2.05) is 56.3 Å². The highest BCUT2D eigenvalue weighted by Crippen LogP contribution is 2.32. The highest BCUT2D eigenvalue weighted by Gasteiger charge is 2.30. The largest absolute Gasteiger partial charge is 0.416 e. The number of nitrogens with zero attached hydrogens (tertiary/aromatic N) is 3. The smallest absolute Gasteiger partial charge is 0.318 e. The molecule has 3 nitrogen and oxygen atoms in total. The van der Waals surface area contributed by atoms with Crippen LogP contribution in [-0.4, -0.2) is 9.55 Å². The number of aromatic nitrogens is 2. The topological polar surface area (TPSA) is 41.6 Å². The van der Waals surface area contributed by atoms with Gasteiger partial charge in [-0.15, -0.1) is 0 Å². The molecule has 6 heteroatoms. The third-order valence-corrected chi connectivity index (χ3v) is 5.24. The van der Waals surface area contributed by atoms with Gasteiger partial charge in [-0.3, -0.25) is 4.98 Å². The van der Waals surface area contributed by atoms with Crippen molar-refractivity contribution < 1.29 is 13.2 Å². The van der Waals surface area contributed by atoms with Gasteiger partial charge in [0.1, 0.15) is 0 Å². The van der Waals surface area contributed by atoms with Gasteiger partial charge in [-0.2, -0.15) is 18.4 Å². The maximum absolute atomic E-state index is 13.1. The fourth-order valence-corrected chi connectivity index (χ4v) is 3.73. The lowest BCUT2D eigenvalue weighted by atomic mass is 10.0. The van der Waals surface area contributed by atoms with Crippen LogP contribution in [0.1, 0.15) is 28.1 Å². The molecule has 0 fully saturated rings. The zero-order chi connectivity index (χ0) is 22.2. The first-order chi connectivity index (χ1) is 14.8. The summed E-state index contributed by atoms with van der Waals surface area (Å²) in [5.74, 6) is 0. The molecule has 4 aromatic rings. The Morgan fingerprint density at radius 2 is 1.84 bits per heavy atom. The molecule has 0 radical (unpaired) electrons. The van der Waals surface area contributed by atoms with Crippen LogP contribution < -0.4 is 0 Å². The van der Waals surface area contributed by atoms with E-state index < -0.39 is 11.7 Å². The predicted molar refractivity (Wildman–Crippen MR) is 115 cm³/mol. The summed E-state index contributed by atoms with van der Waals surface area (Å²) >= 11 is 0. The number of hydrogen-bond acceptors (Lipinski definition) is 2. The first-order valence-electron chi connectivity index (χ1n) is 9.61. The van der Waals surface area contributed by atoms with Gasteiger partial charge in [-0.25, -0.2) is 0 Å². The zero-order valence-electron chi connectivity index (χ0n) is 16.9. The molecule has 154 valence electrons. The Bertz CT molecular complexity index is 1350. The van der Waals surface area contributed by atoms with Crippen molar-refractivity contribution in [1.29, 1.82) is 5.26 Å². The molecule has 0 spiro atoms. The fraction of sp³-hybridized carbons (Fsp3) is 0.120. The normalized spacial score (nSPS) is 12.2. The van der Waals surface area contributed by atoms with Gasteiger partial charge in [0, 0.05) is 28.7 Å². The van der Waals surface area contributed by atoms with E-state index >= 15 is 0 Å². The summed E-state index contributed by atoms with van der Waals surface area (Å²) in [7, 11) is 0. The van der Waals surface area contributed by atoms with Crippen molar-refractivity contribution in [1.82, 2.24) is 9.55 Å². The minimum Gasteiger partial charge on any atom is -0.318 e. The van der Waals surface area contributed by atoms with Gasteiger partial charge >= 0.3 is 6.18 Å². The quantitative estimate of drug-likeness (QED) is 0.347. The van der Waals surface area contributed by atoms with Crippen molar-refractivity contribution >= 4 is 22.6 Å². The Kier molecular flexibility index (Phi) is 5.12. The van der Waals surface area contributed by atoms with E-state index in [9.17, 15) is 18.4 Å². The molecule has 0 aliphatic rings. The number of pyridine rings is 1. The lowest BCUT2D eigenvalue weighted by molar-refractivity contribution is -0.137. The summed E-state index contributed by atoms with van der Waals surface area (Å²) < 4.78 is 41.3. The van der Waals surface area contributed by atoms with Gasteiger partial charge in [-0.05, 0) is 73.5 Å². The third-order valence-electron chi connectivity index (χ3n) is 5.24. The number of allylic oxidation sites excluding steroid dienone is 1. The average Bonchev–Trinajstić information content (AvgIpc) is 3.04. The zero-order valence-corrected chi connectivity index (χ0v) is 16.9. The van der Waals surface area contributed by atoms with Crippen LogP contribution in [0.3, 0.4) is 0 Å². The number of alkyl halides is 3. The fourth-order valence-electron chi connectivity index (χ4n) is 3.73. The molecule has 0 aliphatic carbocycles.